The summed E-state index contributed by atoms with van der Waals surface area (Å²) < 4.78 is 31.7. The number of halogens is 3. The summed E-state index contributed by atoms with van der Waals surface area (Å²) in [6.07, 6.45) is -5.08. The molecule has 0 radical (unpaired) electrons. The molecule has 0 fully saturated rings. The number of anilines is 2. The number of nitrogens with two attached hydrogens (primary N) is 1. The molecule has 0 aliphatic heterocycles. The average molecular weight is 420 g/mol. The minimum Gasteiger partial charge on any atom is -0.475 e. The Labute approximate surface area is 172 Å². The third-order valence-electron chi connectivity index (χ3n) is 4.46. The zero-order chi connectivity index (χ0) is 22.5. The van der Waals surface area contributed by atoms with Crippen LogP contribution in [0.5, 0.6) is 0 Å². The molecule has 3 N–H and O–H groups in total. The van der Waals surface area contributed by atoms with Crippen LogP contribution in [0.25, 0.3) is 22.0 Å². The van der Waals surface area contributed by atoms with Crippen LogP contribution in [0.3, 0.4) is 0 Å². The second kappa shape index (κ2) is 9.43. The Morgan fingerprint density at radius 3 is 2.23 bits per heavy atom. The van der Waals surface area contributed by atoms with Crippen molar-refractivity contribution in [1.82, 2.24) is 9.97 Å². The van der Waals surface area contributed by atoms with E-state index < -0.39 is 12.1 Å². The molecule has 3 rings (SSSR count). The van der Waals surface area contributed by atoms with Gasteiger partial charge in [0.25, 0.3) is 0 Å². The van der Waals surface area contributed by atoms with Crippen molar-refractivity contribution >= 4 is 28.6 Å². The molecular formula is C21H23F3N4O2. The zero-order valence-electron chi connectivity index (χ0n) is 16.9. The molecule has 0 atom stereocenters. The van der Waals surface area contributed by atoms with Gasteiger partial charge < -0.3 is 15.7 Å². The summed E-state index contributed by atoms with van der Waals surface area (Å²) in [6, 6.07) is 14.7. The van der Waals surface area contributed by atoms with Crippen LogP contribution in [0.2, 0.25) is 0 Å². The van der Waals surface area contributed by atoms with Crippen molar-refractivity contribution in [3.05, 3.63) is 48.0 Å². The van der Waals surface area contributed by atoms with Gasteiger partial charge in [-0.15, -0.1) is 0 Å². The van der Waals surface area contributed by atoms with Gasteiger partial charge >= 0.3 is 12.1 Å². The van der Waals surface area contributed by atoms with Gasteiger partial charge in [-0.2, -0.15) is 18.2 Å². The molecule has 0 aliphatic carbocycles. The molecule has 160 valence electrons. The Bertz CT molecular complexity index is 1030. The molecule has 0 saturated heterocycles. The molecule has 0 aliphatic rings. The van der Waals surface area contributed by atoms with Crippen molar-refractivity contribution in [3.63, 3.8) is 0 Å². The molecule has 30 heavy (non-hydrogen) atoms. The van der Waals surface area contributed by atoms with E-state index in [0.29, 0.717) is 5.95 Å². The summed E-state index contributed by atoms with van der Waals surface area (Å²) in [6.45, 7) is 8.14. The predicted molar refractivity (Wildman–Crippen MR) is 111 cm³/mol. The minimum absolute atomic E-state index is 0.321. The van der Waals surface area contributed by atoms with Crippen LogP contribution in [-0.4, -0.2) is 40.3 Å². The lowest BCUT2D eigenvalue weighted by Gasteiger charge is -2.21. The van der Waals surface area contributed by atoms with Gasteiger partial charge in [0.1, 0.15) is 5.82 Å². The lowest BCUT2D eigenvalue weighted by molar-refractivity contribution is -0.192. The molecule has 0 bridgehead atoms. The smallest absolute Gasteiger partial charge is 0.475 e. The quantitative estimate of drug-likeness (QED) is 0.637. The Morgan fingerprint density at radius 2 is 1.70 bits per heavy atom. The van der Waals surface area contributed by atoms with Crippen LogP contribution in [0.4, 0.5) is 24.9 Å². The summed E-state index contributed by atoms with van der Waals surface area (Å²) in [7, 11) is 0. The Balaban J connectivity index is 0.000000396. The van der Waals surface area contributed by atoms with Crippen molar-refractivity contribution in [1.29, 1.82) is 0 Å². The van der Waals surface area contributed by atoms with Crippen molar-refractivity contribution in [2.24, 2.45) is 0 Å². The zero-order valence-corrected chi connectivity index (χ0v) is 16.9. The summed E-state index contributed by atoms with van der Waals surface area (Å²) >= 11 is 0. The monoisotopic (exact) mass is 420 g/mol. The molecule has 0 unspecified atom stereocenters. The molecule has 9 heteroatoms. The van der Waals surface area contributed by atoms with E-state index in [-0.39, 0.29) is 0 Å². The van der Waals surface area contributed by atoms with E-state index in [1.807, 2.05) is 0 Å². The first kappa shape index (κ1) is 22.9. The number of hydrogen-bond donors (Lipinski definition) is 2. The van der Waals surface area contributed by atoms with Crippen molar-refractivity contribution in [3.8, 4) is 11.1 Å². The van der Waals surface area contributed by atoms with E-state index in [9.17, 15) is 13.2 Å². The second-order valence-electron chi connectivity index (χ2n) is 6.43. The van der Waals surface area contributed by atoms with Crippen LogP contribution in [0.15, 0.2) is 42.5 Å². The maximum atomic E-state index is 10.6. The highest BCUT2D eigenvalue weighted by Gasteiger charge is 2.38. The number of alkyl halides is 3. The van der Waals surface area contributed by atoms with Gasteiger partial charge in [-0.25, -0.2) is 9.78 Å². The number of nitrogens with zero attached hydrogens (tertiary/aromatic N) is 3. The number of rotatable bonds is 4. The SMILES string of the molecule is CCN(CC)c1nc(N)nc2cc(-c3ccccc3C)ccc12.O=C(O)C(F)(F)F. The van der Waals surface area contributed by atoms with E-state index in [4.69, 9.17) is 15.6 Å². The third-order valence-corrected chi connectivity index (χ3v) is 4.46. The molecule has 0 amide bonds. The van der Waals surface area contributed by atoms with Crippen LogP contribution in [0, 0.1) is 6.92 Å². The molecule has 1 heterocycles. The van der Waals surface area contributed by atoms with Crippen molar-refractivity contribution in [2.45, 2.75) is 26.9 Å². The highest BCUT2D eigenvalue weighted by Crippen LogP contribution is 2.30. The number of aliphatic carboxylic acids is 1. The first-order valence-corrected chi connectivity index (χ1v) is 9.26. The molecule has 1 aromatic heterocycles. The standard InChI is InChI=1S/C19H22N4.C2HF3O2/c1-4-23(5-2)18-16-11-10-14(12-17(16)21-19(20)22-18)15-9-7-6-8-13(15)3;3-2(4,5)1(6)7/h6-12H,4-5H2,1-3H3,(H2,20,21,22);(H,6,7). The first-order chi connectivity index (χ1) is 14.1. The Hall–Kier alpha value is -3.36. The van der Waals surface area contributed by atoms with Crippen LogP contribution in [0.1, 0.15) is 19.4 Å². The number of aryl methyl sites for hydroxylation is 1. The molecule has 2 aromatic carbocycles. The number of aromatic nitrogens is 2. The highest BCUT2D eigenvalue weighted by molar-refractivity contribution is 5.93. The number of benzene rings is 2. The fourth-order valence-electron chi connectivity index (χ4n) is 2.96. The number of hydrogen-bond acceptors (Lipinski definition) is 5. The van der Waals surface area contributed by atoms with Crippen LogP contribution < -0.4 is 10.6 Å². The summed E-state index contributed by atoms with van der Waals surface area (Å²) in [5.41, 5.74) is 10.4. The van der Waals surface area contributed by atoms with Gasteiger partial charge in [0.05, 0.1) is 5.52 Å². The first-order valence-electron chi connectivity index (χ1n) is 9.26. The number of fused-ring (bicyclic) bond motifs is 1. The Morgan fingerprint density at radius 1 is 1.10 bits per heavy atom. The lowest BCUT2D eigenvalue weighted by Crippen LogP contribution is -2.23. The van der Waals surface area contributed by atoms with Crippen LogP contribution >= 0.6 is 0 Å². The van der Waals surface area contributed by atoms with Gasteiger partial charge in [0.15, 0.2) is 0 Å². The number of carboxylic acids is 1. The van der Waals surface area contributed by atoms with Gasteiger partial charge in [0, 0.05) is 18.5 Å². The van der Waals surface area contributed by atoms with Gasteiger partial charge in [-0.3, -0.25) is 0 Å². The van der Waals surface area contributed by atoms with E-state index in [1.54, 1.807) is 0 Å². The van der Waals surface area contributed by atoms with Crippen LogP contribution in [-0.2, 0) is 4.79 Å². The summed E-state index contributed by atoms with van der Waals surface area (Å²) in [5, 5.41) is 8.17. The molecule has 0 spiro atoms. The van der Waals surface area contributed by atoms with E-state index >= 15 is 0 Å². The van der Waals surface area contributed by atoms with E-state index in [0.717, 1.165) is 35.4 Å². The molecule has 0 saturated carbocycles. The largest absolute Gasteiger partial charge is 0.490 e. The number of carboxylic acid groups (broad SMARTS) is 1. The maximum absolute atomic E-state index is 10.6. The van der Waals surface area contributed by atoms with E-state index in [2.05, 4.69) is 78.1 Å². The second-order valence-corrected chi connectivity index (χ2v) is 6.43. The topological polar surface area (TPSA) is 92.3 Å². The van der Waals surface area contributed by atoms with Crippen molar-refractivity contribution in [2.75, 3.05) is 23.7 Å². The van der Waals surface area contributed by atoms with Crippen molar-refractivity contribution < 1.29 is 23.1 Å². The van der Waals surface area contributed by atoms with Gasteiger partial charge in [0.2, 0.25) is 5.95 Å². The fraction of sp³-hybridized carbons (Fsp3) is 0.286. The minimum atomic E-state index is -5.08. The fourth-order valence-corrected chi connectivity index (χ4v) is 2.96. The summed E-state index contributed by atoms with van der Waals surface area (Å²) in [4.78, 5) is 20.0. The molecule has 6 nitrogen and oxygen atoms in total. The predicted octanol–water partition coefficient (Wildman–Crippen LogP) is 4.67. The lowest BCUT2D eigenvalue weighted by atomic mass is 9.99. The summed E-state index contributed by atoms with van der Waals surface area (Å²) in [5.74, 6) is -1.53. The maximum Gasteiger partial charge on any atom is 0.490 e. The van der Waals surface area contributed by atoms with Gasteiger partial charge in [-0.05, 0) is 49.6 Å². The van der Waals surface area contributed by atoms with Gasteiger partial charge in [-0.1, -0.05) is 30.3 Å². The molecule has 3 aromatic rings. The number of carbonyl (C=O) groups is 1. The van der Waals surface area contributed by atoms with E-state index in [1.165, 1.54) is 11.1 Å². The third kappa shape index (κ3) is 5.37. The Kier molecular flexibility index (Phi) is 7.20. The average Bonchev–Trinajstić information content (AvgIpc) is 2.68. The highest BCUT2D eigenvalue weighted by atomic mass is 19.4. The normalized spacial score (nSPS) is 11.0. The molecular weight excluding hydrogens is 397 g/mol. The number of nitrogen functional groups attached to an aromatic ring is 1.